The summed E-state index contributed by atoms with van der Waals surface area (Å²) in [5.41, 5.74) is 5.33. The number of hydrogen-bond donors (Lipinski definition) is 1. The second-order valence-electron chi connectivity index (χ2n) is 2.56. The van der Waals surface area contributed by atoms with E-state index in [9.17, 15) is 0 Å². The minimum Gasteiger partial charge on any atom is -0.415 e. The molecular formula is C8H15N3O2S. The fraction of sp³-hybridized carbons (Fsp3) is 0.750. The molecule has 0 atom stereocenters. The fourth-order valence-corrected chi connectivity index (χ4v) is 1.53. The standard InChI is InChI=1S/C8H15N3O2S/c1-2-12-4-3-5-14-8-11-10-7(6-9)13-8/h2-6,9H2,1H3. The lowest BCUT2D eigenvalue weighted by Gasteiger charge is -1.98. The van der Waals surface area contributed by atoms with Crippen molar-refractivity contribution in [3.05, 3.63) is 5.89 Å². The van der Waals surface area contributed by atoms with Gasteiger partial charge in [0.2, 0.25) is 5.89 Å². The van der Waals surface area contributed by atoms with Crippen LogP contribution in [0.3, 0.4) is 0 Å². The van der Waals surface area contributed by atoms with Crippen LogP contribution < -0.4 is 5.73 Å². The third-order valence-electron chi connectivity index (χ3n) is 1.49. The van der Waals surface area contributed by atoms with Crippen LogP contribution in [0.4, 0.5) is 0 Å². The van der Waals surface area contributed by atoms with Crippen molar-refractivity contribution < 1.29 is 9.15 Å². The van der Waals surface area contributed by atoms with Crippen LogP contribution in [0, 0.1) is 0 Å². The number of hydrogen-bond acceptors (Lipinski definition) is 6. The Hall–Kier alpha value is -0.590. The summed E-state index contributed by atoms with van der Waals surface area (Å²) < 4.78 is 10.4. The third-order valence-corrected chi connectivity index (χ3v) is 2.39. The van der Waals surface area contributed by atoms with E-state index in [1.807, 2.05) is 6.92 Å². The van der Waals surface area contributed by atoms with Crippen molar-refractivity contribution in [3.8, 4) is 0 Å². The molecular weight excluding hydrogens is 202 g/mol. The summed E-state index contributed by atoms with van der Waals surface area (Å²) in [6.45, 7) is 3.83. The molecule has 1 aromatic heterocycles. The normalized spacial score (nSPS) is 10.7. The highest BCUT2D eigenvalue weighted by Gasteiger charge is 2.03. The van der Waals surface area contributed by atoms with E-state index in [4.69, 9.17) is 14.9 Å². The van der Waals surface area contributed by atoms with Gasteiger partial charge >= 0.3 is 0 Å². The molecule has 0 radical (unpaired) electrons. The van der Waals surface area contributed by atoms with Gasteiger partial charge in [-0.3, -0.25) is 0 Å². The molecule has 1 aromatic rings. The minimum absolute atomic E-state index is 0.298. The molecule has 2 N–H and O–H groups in total. The lowest BCUT2D eigenvalue weighted by Crippen LogP contribution is -1.95. The van der Waals surface area contributed by atoms with Crippen molar-refractivity contribution in [1.29, 1.82) is 0 Å². The Bertz CT molecular complexity index is 254. The highest BCUT2D eigenvalue weighted by atomic mass is 32.2. The van der Waals surface area contributed by atoms with Gasteiger partial charge in [0, 0.05) is 19.0 Å². The van der Waals surface area contributed by atoms with Crippen LogP contribution in [0.5, 0.6) is 0 Å². The van der Waals surface area contributed by atoms with Crippen molar-refractivity contribution in [1.82, 2.24) is 10.2 Å². The third kappa shape index (κ3) is 4.08. The first-order chi connectivity index (χ1) is 6.86. The Morgan fingerprint density at radius 1 is 1.50 bits per heavy atom. The minimum atomic E-state index is 0.298. The molecule has 80 valence electrons. The topological polar surface area (TPSA) is 74.2 Å². The summed E-state index contributed by atoms with van der Waals surface area (Å²) in [6, 6.07) is 0. The molecule has 0 fully saturated rings. The van der Waals surface area contributed by atoms with Crippen molar-refractivity contribution in [2.45, 2.75) is 25.1 Å². The van der Waals surface area contributed by atoms with Gasteiger partial charge in [0.1, 0.15) is 0 Å². The number of ether oxygens (including phenoxy) is 1. The number of nitrogens with two attached hydrogens (primary N) is 1. The van der Waals surface area contributed by atoms with Gasteiger partial charge in [-0.25, -0.2) is 0 Å². The zero-order valence-electron chi connectivity index (χ0n) is 8.23. The van der Waals surface area contributed by atoms with Crippen LogP contribution in [0.25, 0.3) is 0 Å². The smallest absolute Gasteiger partial charge is 0.276 e. The Kier molecular flexibility index (Phi) is 5.58. The van der Waals surface area contributed by atoms with Crippen molar-refractivity contribution in [3.63, 3.8) is 0 Å². The molecule has 0 saturated carbocycles. The summed E-state index contributed by atoms with van der Waals surface area (Å²) in [5.74, 6) is 1.41. The maximum absolute atomic E-state index is 5.33. The van der Waals surface area contributed by atoms with Gasteiger partial charge in [-0.15, -0.1) is 10.2 Å². The number of aromatic nitrogens is 2. The number of nitrogens with zero attached hydrogens (tertiary/aromatic N) is 2. The molecule has 0 aliphatic heterocycles. The molecule has 14 heavy (non-hydrogen) atoms. The van der Waals surface area contributed by atoms with Gasteiger partial charge in [-0.05, 0) is 13.3 Å². The molecule has 0 aromatic carbocycles. The zero-order valence-corrected chi connectivity index (χ0v) is 9.05. The average Bonchev–Trinajstić information content (AvgIpc) is 2.65. The Balaban J connectivity index is 2.12. The van der Waals surface area contributed by atoms with Gasteiger partial charge in [0.05, 0.1) is 6.54 Å². The molecule has 0 amide bonds. The summed E-state index contributed by atoms with van der Waals surface area (Å²) in [6.07, 6.45) is 0.985. The van der Waals surface area contributed by atoms with Crippen LogP contribution in [0.1, 0.15) is 19.2 Å². The Morgan fingerprint density at radius 3 is 3.00 bits per heavy atom. The first-order valence-corrected chi connectivity index (χ1v) is 5.58. The second kappa shape index (κ2) is 6.80. The average molecular weight is 217 g/mol. The Morgan fingerprint density at radius 2 is 2.36 bits per heavy atom. The fourth-order valence-electron chi connectivity index (χ4n) is 0.844. The SMILES string of the molecule is CCOCCCSc1nnc(CN)o1. The van der Waals surface area contributed by atoms with Crippen LogP contribution in [-0.2, 0) is 11.3 Å². The molecule has 0 aliphatic rings. The monoisotopic (exact) mass is 217 g/mol. The van der Waals surface area contributed by atoms with Crippen LogP contribution in [-0.4, -0.2) is 29.2 Å². The zero-order chi connectivity index (χ0) is 10.2. The predicted molar refractivity (Wildman–Crippen MR) is 54.0 cm³/mol. The quantitative estimate of drug-likeness (QED) is 0.543. The lowest BCUT2D eigenvalue weighted by molar-refractivity contribution is 0.149. The lowest BCUT2D eigenvalue weighted by atomic mass is 10.5. The van der Waals surface area contributed by atoms with Crippen LogP contribution in [0.15, 0.2) is 9.64 Å². The molecule has 0 aliphatic carbocycles. The van der Waals surface area contributed by atoms with E-state index in [0.717, 1.165) is 25.4 Å². The second-order valence-corrected chi connectivity index (χ2v) is 3.61. The summed E-state index contributed by atoms with van der Waals surface area (Å²) in [7, 11) is 0. The molecule has 0 unspecified atom stereocenters. The number of rotatable bonds is 7. The molecule has 0 spiro atoms. The number of thioether (sulfide) groups is 1. The van der Waals surface area contributed by atoms with Crippen molar-refractivity contribution in [2.75, 3.05) is 19.0 Å². The van der Waals surface area contributed by atoms with Gasteiger partial charge in [0.15, 0.2) is 0 Å². The van der Waals surface area contributed by atoms with Gasteiger partial charge in [-0.2, -0.15) is 0 Å². The van der Waals surface area contributed by atoms with Gasteiger partial charge in [0.25, 0.3) is 5.22 Å². The highest BCUT2D eigenvalue weighted by Crippen LogP contribution is 2.16. The molecule has 1 rings (SSSR count). The summed E-state index contributed by atoms with van der Waals surface area (Å²) in [4.78, 5) is 0. The van der Waals surface area contributed by atoms with E-state index in [0.29, 0.717) is 17.7 Å². The van der Waals surface area contributed by atoms with Gasteiger partial charge in [-0.1, -0.05) is 11.8 Å². The highest BCUT2D eigenvalue weighted by molar-refractivity contribution is 7.99. The van der Waals surface area contributed by atoms with Crippen LogP contribution in [0.2, 0.25) is 0 Å². The predicted octanol–water partition coefficient (Wildman–Crippen LogP) is 1.05. The first kappa shape index (κ1) is 11.5. The van der Waals surface area contributed by atoms with Gasteiger partial charge < -0.3 is 14.9 Å². The largest absolute Gasteiger partial charge is 0.415 e. The first-order valence-electron chi connectivity index (χ1n) is 4.59. The van der Waals surface area contributed by atoms with Crippen LogP contribution >= 0.6 is 11.8 Å². The maximum atomic E-state index is 5.33. The maximum Gasteiger partial charge on any atom is 0.276 e. The Labute approximate surface area is 87.4 Å². The van der Waals surface area contributed by atoms with E-state index in [1.54, 1.807) is 0 Å². The molecule has 0 bridgehead atoms. The molecule has 1 heterocycles. The van der Waals surface area contributed by atoms with E-state index < -0.39 is 0 Å². The van der Waals surface area contributed by atoms with E-state index in [-0.39, 0.29) is 0 Å². The van der Waals surface area contributed by atoms with E-state index >= 15 is 0 Å². The molecule has 0 saturated heterocycles. The molecule has 5 nitrogen and oxygen atoms in total. The summed E-state index contributed by atoms with van der Waals surface area (Å²) in [5, 5.41) is 8.17. The van der Waals surface area contributed by atoms with E-state index in [2.05, 4.69) is 10.2 Å². The van der Waals surface area contributed by atoms with Crippen molar-refractivity contribution in [2.24, 2.45) is 5.73 Å². The molecule has 6 heteroatoms. The summed E-state index contributed by atoms with van der Waals surface area (Å²) >= 11 is 1.53. The van der Waals surface area contributed by atoms with Crippen molar-refractivity contribution >= 4 is 11.8 Å². The van der Waals surface area contributed by atoms with E-state index in [1.165, 1.54) is 11.8 Å².